The van der Waals surface area contributed by atoms with Crippen molar-refractivity contribution in [2.24, 2.45) is 17.8 Å². The smallest absolute Gasteiger partial charge is 0.449 e. The van der Waals surface area contributed by atoms with Crippen LogP contribution in [0.25, 0.3) is 11.8 Å². The number of anilines is 1. The van der Waals surface area contributed by atoms with Gasteiger partial charge in [-0.1, -0.05) is 31.2 Å². The Hall–Kier alpha value is -3.13. The molecule has 2 aromatic rings. The Balaban J connectivity index is 1.58. The molecular formula is C28H37N3O5. The van der Waals surface area contributed by atoms with E-state index in [9.17, 15) is 14.7 Å². The number of nitrogens with zero attached hydrogens (tertiary/aromatic N) is 3. The van der Waals surface area contributed by atoms with E-state index in [4.69, 9.17) is 9.47 Å². The highest BCUT2D eigenvalue weighted by atomic mass is 16.7. The molecule has 2 heterocycles. The van der Waals surface area contributed by atoms with E-state index in [0.717, 1.165) is 63.0 Å². The number of benzene rings is 1. The van der Waals surface area contributed by atoms with Gasteiger partial charge in [-0.3, -0.25) is 9.69 Å². The third-order valence-electron chi connectivity index (χ3n) is 7.19. The summed E-state index contributed by atoms with van der Waals surface area (Å²) in [7, 11) is 0. The first-order valence-corrected chi connectivity index (χ1v) is 13.0. The molecule has 1 saturated carbocycles. The molecule has 36 heavy (non-hydrogen) atoms. The third kappa shape index (κ3) is 6.35. The molecule has 8 nitrogen and oxygen atoms in total. The lowest BCUT2D eigenvalue weighted by Crippen LogP contribution is -2.42. The summed E-state index contributed by atoms with van der Waals surface area (Å²) in [5, 5.41) is 14.0. The van der Waals surface area contributed by atoms with E-state index in [1.807, 2.05) is 38.1 Å². The van der Waals surface area contributed by atoms with Crippen LogP contribution in [0, 0.1) is 17.8 Å². The monoisotopic (exact) mass is 495 g/mol. The fraction of sp³-hybridized carbons (Fsp3) is 0.536. The van der Waals surface area contributed by atoms with Crippen molar-refractivity contribution in [1.29, 1.82) is 0 Å². The number of amides is 1. The van der Waals surface area contributed by atoms with Gasteiger partial charge >= 0.3 is 6.16 Å². The Morgan fingerprint density at radius 2 is 1.78 bits per heavy atom. The normalized spacial score (nSPS) is 21.1. The van der Waals surface area contributed by atoms with Gasteiger partial charge in [-0.25, -0.2) is 9.48 Å². The first kappa shape index (κ1) is 25.9. The van der Waals surface area contributed by atoms with E-state index < -0.39 is 6.16 Å². The van der Waals surface area contributed by atoms with Crippen LogP contribution in [0.4, 0.5) is 10.6 Å². The van der Waals surface area contributed by atoms with E-state index >= 15 is 0 Å². The van der Waals surface area contributed by atoms with E-state index in [1.165, 1.54) is 6.20 Å². The maximum Gasteiger partial charge on any atom is 0.511 e. The number of allylic oxidation sites excluding steroid dienone is 1. The van der Waals surface area contributed by atoms with Gasteiger partial charge in [0, 0.05) is 25.2 Å². The summed E-state index contributed by atoms with van der Waals surface area (Å²) in [6, 6.07) is 7.65. The van der Waals surface area contributed by atoms with Gasteiger partial charge < -0.3 is 14.6 Å². The van der Waals surface area contributed by atoms with Gasteiger partial charge in [0.05, 0.1) is 11.9 Å². The SMILES string of the molecule is CC(C)N(c1nn(-c2ccc(/C=C/C3CCOCC3)cc2)cc1OC(=O)O)C(=O)[C@H]1CC[C@H](C)CC1. The zero-order valence-electron chi connectivity index (χ0n) is 21.4. The summed E-state index contributed by atoms with van der Waals surface area (Å²) in [5.41, 5.74) is 1.83. The molecule has 0 bridgehead atoms. The summed E-state index contributed by atoms with van der Waals surface area (Å²) < 4.78 is 12.1. The number of carboxylic acid groups (broad SMARTS) is 1. The van der Waals surface area contributed by atoms with Crippen molar-refractivity contribution in [3.05, 3.63) is 42.1 Å². The molecule has 1 aliphatic carbocycles. The highest BCUT2D eigenvalue weighted by Gasteiger charge is 2.34. The van der Waals surface area contributed by atoms with Crippen LogP contribution in [-0.2, 0) is 9.53 Å². The maximum absolute atomic E-state index is 13.5. The minimum atomic E-state index is -1.44. The van der Waals surface area contributed by atoms with Gasteiger partial charge in [-0.2, -0.15) is 0 Å². The van der Waals surface area contributed by atoms with Crippen molar-refractivity contribution in [3.63, 3.8) is 0 Å². The van der Waals surface area contributed by atoms with Crippen LogP contribution in [0.1, 0.15) is 64.9 Å². The maximum atomic E-state index is 13.5. The van der Waals surface area contributed by atoms with Crippen molar-refractivity contribution in [3.8, 4) is 11.4 Å². The summed E-state index contributed by atoms with van der Waals surface area (Å²) in [4.78, 5) is 26.6. The lowest BCUT2D eigenvalue weighted by molar-refractivity contribution is -0.124. The summed E-state index contributed by atoms with van der Waals surface area (Å²) in [6.07, 6.45) is 10.2. The number of rotatable bonds is 7. The Bertz CT molecular complexity index is 1060. The van der Waals surface area contributed by atoms with Crippen LogP contribution in [0.2, 0.25) is 0 Å². The Kier molecular flexibility index (Phi) is 8.46. The average Bonchev–Trinajstić information content (AvgIpc) is 3.26. The molecule has 1 N–H and O–H groups in total. The van der Waals surface area contributed by atoms with Gasteiger partial charge in [0.2, 0.25) is 11.7 Å². The molecule has 1 aliphatic heterocycles. The van der Waals surface area contributed by atoms with Crippen LogP contribution in [0.3, 0.4) is 0 Å². The largest absolute Gasteiger partial charge is 0.511 e. The Morgan fingerprint density at radius 3 is 2.39 bits per heavy atom. The number of aromatic nitrogens is 2. The average molecular weight is 496 g/mol. The second kappa shape index (κ2) is 11.7. The number of carbonyl (C=O) groups is 2. The van der Waals surface area contributed by atoms with Crippen LogP contribution in [0.5, 0.6) is 5.75 Å². The predicted octanol–water partition coefficient (Wildman–Crippen LogP) is 5.94. The molecule has 0 atom stereocenters. The van der Waals surface area contributed by atoms with Crippen molar-refractivity contribution in [1.82, 2.24) is 9.78 Å². The van der Waals surface area contributed by atoms with Crippen LogP contribution in [0.15, 0.2) is 36.5 Å². The quantitative estimate of drug-likeness (QED) is 0.478. The van der Waals surface area contributed by atoms with Gasteiger partial charge in [-0.05, 0) is 81.9 Å². The van der Waals surface area contributed by atoms with E-state index in [2.05, 4.69) is 24.2 Å². The predicted molar refractivity (Wildman–Crippen MR) is 139 cm³/mol. The zero-order chi connectivity index (χ0) is 25.7. The van der Waals surface area contributed by atoms with Crippen molar-refractivity contribution < 1.29 is 24.2 Å². The molecule has 1 aromatic carbocycles. The minimum absolute atomic E-state index is 0.0222. The molecule has 194 valence electrons. The molecule has 8 heteroatoms. The fourth-order valence-corrected chi connectivity index (χ4v) is 5.02. The molecule has 2 aliphatic rings. The summed E-state index contributed by atoms with van der Waals surface area (Å²) in [5.74, 6) is 1.34. The van der Waals surface area contributed by atoms with Crippen molar-refractivity contribution >= 4 is 24.0 Å². The molecule has 2 fully saturated rings. The van der Waals surface area contributed by atoms with Crippen molar-refractivity contribution in [2.45, 2.75) is 65.3 Å². The molecule has 0 unspecified atom stereocenters. The molecule has 1 saturated heterocycles. The standard InChI is InChI=1S/C28H37N3O5/c1-19(2)31(27(32)23-10-4-20(3)5-11-23)26-25(36-28(33)34)18-30(29-26)24-12-8-21(9-13-24)6-7-22-14-16-35-17-15-22/h6-9,12-13,18-20,22-23H,4-5,10-11,14-17H2,1-3H3,(H,33,34)/b7-6+/t20-,23-. The molecular weight excluding hydrogens is 458 g/mol. The summed E-state index contributed by atoms with van der Waals surface area (Å²) >= 11 is 0. The first-order valence-electron chi connectivity index (χ1n) is 13.0. The number of hydrogen-bond donors (Lipinski definition) is 1. The van der Waals surface area contributed by atoms with Crippen LogP contribution < -0.4 is 9.64 Å². The molecule has 0 spiro atoms. The molecule has 0 radical (unpaired) electrons. The lowest BCUT2D eigenvalue weighted by atomic mass is 9.82. The second-order valence-electron chi connectivity index (χ2n) is 10.3. The molecule has 1 aromatic heterocycles. The topological polar surface area (TPSA) is 93.9 Å². The Morgan fingerprint density at radius 1 is 1.11 bits per heavy atom. The van der Waals surface area contributed by atoms with E-state index in [-0.39, 0.29) is 29.4 Å². The van der Waals surface area contributed by atoms with E-state index in [0.29, 0.717) is 11.8 Å². The lowest BCUT2D eigenvalue weighted by Gasteiger charge is -2.32. The second-order valence-corrected chi connectivity index (χ2v) is 10.3. The van der Waals surface area contributed by atoms with Crippen LogP contribution >= 0.6 is 0 Å². The molecule has 4 rings (SSSR count). The number of hydrogen-bond acceptors (Lipinski definition) is 5. The zero-order valence-corrected chi connectivity index (χ0v) is 21.4. The number of carbonyl (C=O) groups excluding carboxylic acids is 1. The minimum Gasteiger partial charge on any atom is -0.449 e. The van der Waals surface area contributed by atoms with Gasteiger partial charge in [0.1, 0.15) is 0 Å². The number of ether oxygens (including phenoxy) is 2. The van der Waals surface area contributed by atoms with E-state index in [1.54, 1.807) is 9.58 Å². The third-order valence-corrected chi connectivity index (χ3v) is 7.19. The fourth-order valence-electron chi connectivity index (χ4n) is 5.02. The van der Waals surface area contributed by atoms with Gasteiger partial charge in [-0.15, -0.1) is 5.10 Å². The van der Waals surface area contributed by atoms with Crippen molar-refractivity contribution in [2.75, 3.05) is 18.1 Å². The van der Waals surface area contributed by atoms with Gasteiger partial charge in [0.15, 0.2) is 5.75 Å². The molecule has 1 amide bonds. The first-order chi connectivity index (χ1) is 17.3. The van der Waals surface area contributed by atoms with Crippen LogP contribution in [-0.4, -0.2) is 46.2 Å². The highest BCUT2D eigenvalue weighted by Crippen LogP contribution is 2.35. The van der Waals surface area contributed by atoms with Gasteiger partial charge in [0.25, 0.3) is 0 Å². The highest BCUT2D eigenvalue weighted by molar-refractivity contribution is 5.96. The summed E-state index contributed by atoms with van der Waals surface area (Å²) in [6.45, 7) is 7.66. The Labute approximate surface area is 212 Å².